The average molecular weight is 1120 g/mol. The van der Waals surface area contributed by atoms with Gasteiger partial charge < -0.3 is 80.5 Å². The van der Waals surface area contributed by atoms with Gasteiger partial charge in [-0.05, 0) is 79.8 Å². The lowest BCUT2D eigenvalue weighted by Crippen LogP contribution is -2.61. The maximum atomic E-state index is 14.9. The number of amides is 9. The number of hydrogen-bond donors (Lipinski definition) is 17. The minimum atomic E-state index is -1.72. The number of carbonyl (C=O) groups is 10. The molecule has 1 fully saturated rings. The average Bonchev–Trinajstić information content (AvgIpc) is 4.05. The number of para-hydroxylation sites is 1. The maximum Gasteiger partial charge on any atom is 0.326 e. The van der Waals surface area contributed by atoms with Crippen molar-refractivity contribution in [3.63, 3.8) is 0 Å². The SMILES string of the molecule is CC(=O)N[C@@H](CCCNC(=N)N)C(=O)N[C@H]1CC(=O)NCCCCC(C(=O)O)NC(=O)[C@H](Cc2c[nH]c3ccccc23)NC(=O)[C@H](CCCNC(=N)N)NC(=O)[C@@H](Cc2ccccc2)NC(=O)[C@H](Cc2ccc(C(N)=O)cc2)NC1=O. The van der Waals surface area contributed by atoms with Crippen LogP contribution in [-0.4, -0.2) is 143 Å². The second-order valence-electron chi connectivity index (χ2n) is 19.5. The fourth-order valence-electron chi connectivity index (χ4n) is 8.94. The third kappa shape index (κ3) is 20.6. The van der Waals surface area contributed by atoms with E-state index < -0.39 is 108 Å². The predicted octanol–water partition coefficient (Wildman–Crippen LogP) is -1.99. The zero-order valence-corrected chi connectivity index (χ0v) is 44.8. The van der Waals surface area contributed by atoms with Gasteiger partial charge in [0.15, 0.2) is 11.9 Å². The number of fused-ring (bicyclic) bond motifs is 1. The van der Waals surface area contributed by atoms with E-state index in [-0.39, 0.29) is 101 Å². The first-order valence-electron chi connectivity index (χ1n) is 26.4. The second-order valence-corrected chi connectivity index (χ2v) is 19.5. The quantitative estimate of drug-likeness (QED) is 0.0275. The Morgan fingerprint density at radius 3 is 1.84 bits per heavy atom. The summed E-state index contributed by atoms with van der Waals surface area (Å²) >= 11 is 0. The van der Waals surface area contributed by atoms with E-state index in [9.17, 15) is 53.1 Å². The number of nitrogens with two attached hydrogens (primary N) is 3. The number of primary amides is 1. The Bertz CT molecular complexity index is 2900. The van der Waals surface area contributed by atoms with E-state index in [1.165, 1.54) is 31.2 Å². The fraction of sp³-hybridized carbons (Fsp3) is 0.407. The standard InChI is InChI=1S/C54H72N16O11/c1-30(71)64-37(16-9-23-61-53(56)57)46(74)70-43-28-44(72)60-22-8-7-15-39(52(80)81)66-50(78)42(27-34-29-63-36-14-6-5-13-35(34)36)69-47(75)38(17-10-24-62-54(58)59)65-48(76)40(25-31-11-3-2-4-12-31)67-49(77)41(68-51(43)79)26-32-18-20-33(21-19-32)45(55)73/h2-6,11-14,18-21,29,37-43,63H,7-10,15-17,22-28H2,1H3,(H2,55,73)(H,60,72)(H,64,71)(H,65,76)(H,66,78)(H,67,77)(H,68,79)(H,69,75)(H,70,74)(H,80,81)(H4,56,57,61)(H4,58,59,62)/t37-,38-,39?,40+,41-,42-,43-/m0/s1. The van der Waals surface area contributed by atoms with Crippen LogP contribution in [0.3, 0.4) is 0 Å². The van der Waals surface area contributed by atoms with Gasteiger partial charge >= 0.3 is 5.97 Å². The molecule has 5 rings (SSSR count). The summed E-state index contributed by atoms with van der Waals surface area (Å²) in [5.74, 6) is -9.68. The summed E-state index contributed by atoms with van der Waals surface area (Å²) in [5, 5.41) is 52.4. The van der Waals surface area contributed by atoms with Crippen molar-refractivity contribution in [1.29, 1.82) is 10.8 Å². The summed E-state index contributed by atoms with van der Waals surface area (Å²) in [6.07, 6.45) is 0.733. The first-order valence-corrected chi connectivity index (χ1v) is 26.4. The number of aliphatic carboxylic acids is 1. The molecule has 27 heteroatoms. The molecule has 0 aliphatic carbocycles. The lowest BCUT2D eigenvalue weighted by atomic mass is 10.00. The third-order valence-electron chi connectivity index (χ3n) is 13.1. The van der Waals surface area contributed by atoms with Gasteiger partial charge in [-0.1, -0.05) is 60.7 Å². The van der Waals surface area contributed by atoms with E-state index in [1.807, 2.05) is 6.07 Å². The summed E-state index contributed by atoms with van der Waals surface area (Å²) in [5.41, 5.74) is 18.8. The number of guanidine groups is 2. The van der Waals surface area contributed by atoms with Gasteiger partial charge in [-0.15, -0.1) is 0 Å². The molecule has 27 nitrogen and oxygen atoms in total. The van der Waals surface area contributed by atoms with Crippen LogP contribution in [0.5, 0.6) is 0 Å². The molecule has 1 aliphatic heterocycles. The predicted molar refractivity (Wildman–Crippen MR) is 297 cm³/mol. The summed E-state index contributed by atoms with van der Waals surface area (Å²) in [6, 6.07) is 11.1. The van der Waals surface area contributed by atoms with Gasteiger partial charge in [-0.2, -0.15) is 0 Å². The largest absolute Gasteiger partial charge is 0.480 e. The minimum Gasteiger partial charge on any atom is -0.480 e. The smallest absolute Gasteiger partial charge is 0.326 e. The Labute approximate surface area is 466 Å². The molecule has 1 saturated heterocycles. The first-order chi connectivity index (χ1) is 38.7. The molecule has 1 aromatic heterocycles. The van der Waals surface area contributed by atoms with Gasteiger partial charge in [0.25, 0.3) is 0 Å². The Morgan fingerprint density at radius 1 is 0.667 bits per heavy atom. The Kier molecular flexibility index (Phi) is 23.9. The first kappa shape index (κ1) is 62.3. The van der Waals surface area contributed by atoms with Crippen LogP contribution in [-0.2, 0) is 62.4 Å². The molecule has 2 heterocycles. The fourth-order valence-corrected chi connectivity index (χ4v) is 8.94. The number of hydrogen-bond acceptors (Lipinski definition) is 12. The van der Waals surface area contributed by atoms with Crippen molar-refractivity contribution in [1.82, 2.24) is 58.2 Å². The lowest BCUT2D eigenvalue weighted by Gasteiger charge is -2.28. The Morgan fingerprint density at radius 2 is 1.22 bits per heavy atom. The molecule has 20 N–H and O–H groups in total. The summed E-state index contributed by atoms with van der Waals surface area (Å²) in [6.45, 7) is 1.33. The van der Waals surface area contributed by atoms with E-state index in [2.05, 4.69) is 58.2 Å². The molecule has 9 amide bonds. The van der Waals surface area contributed by atoms with Crippen LogP contribution in [0, 0.1) is 10.8 Å². The number of carboxylic acids is 1. The molecular weight excluding hydrogens is 1050 g/mol. The molecule has 0 saturated carbocycles. The molecule has 0 bridgehead atoms. The van der Waals surface area contributed by atoms with Gasteiger partial charge in [0.05, 0.1) is 6.42 Å². The van der Waals surface area contributed by atoms with Gasteiger partial charge in [-0.3, -0.25) is 54.0 Å². The van der Waals surface area contributed by atoms with E-state index in [4.69, 9.17) is 28.0 Å². The maximum absolute atomic E-state index is 14.9. The van der Waals surface area contributed by atoms with E-state index in [0.717, 1.165) is 10.9 Å². The molecule has 0 radical (unpaired) electrons. The molecule has 434 valence electrons. The van der Waals surface area contributed by atoms with Crippen LogP contribution in [0.25, 0.3) is 10.9 Å². The molecule has 3 aromatic carbocycles. The minimum absolute atomic E-state index is 0.0101. The lowest BCUT2D eigenvalue weighted by molar-refractivity contribution is -0.142. The summed E-state index contributed by atoms with van der Waals surface area (Å²) < 4.78 is 0. The van der Waals surface area contributed by atoms with Crippen LogP contribution >= 0.6 is 0 Å². The van der Waals surface area contributed by atoms with E-state index in [1.54, 1.807) is 54.7 Å². The number of nitrogens with one attached hydrogen (secondary N) is 13. The van der Waals surface area contributed by atoms with Crippen molar-refractivity contribution in [2.75, 3.05) is 19.6 Å². The highest BCUT2D eigenvalue weighted by atomic mass is 16.4. The van der Waals surface area contributed by atoms with Crippen LogP contribution in [0.4, 0.5) is 0 Å². The number of benzene rings is 3. The van der Waals surface area contributed by atoms with Gasteiger partial charge in [0.1, 0.15) is 42.3 Å². The molecule has 81 heavy (non-hydrogen) atoms. The van der Waals surface area contributed by atoms with Crippen molar-refractivity contribution >= 4 is 82.0 Å². The van der Waals surface area contributed by atoms with Crippen molar-refractivity contribution in [3.05, 3.63) is 107 Å². The summed E-state index contributed by atoms with van der Waals surface area (Å²) in [4.78, 5) is 141. The van der Waals surface area contributed by atoms with Crippen molar-refractivity contribution < 1.29 is 53.1 Å². The highest BCUT2D eigenvalue weighted by Gasteiger charge is 2.35. The highest BCUT2D eigenvalue weighted by Crippen LogP contribution is 2.20. The van der Waals surface area contributed by atoms with Crippen molar-refractivity contribution in [2.45, 2.75) is 120 Å². The molecular formula is C54H72N16O11. The van der Waals surface area contributed by atoms with Gasteiger partial charge in [0, 0.05) is 68.5 Å². The number of rotatable bonds is 19. The summed E-state index contributed by atoms with van der Waals surface area (Å²) in [7, 11) is 0. The van der Waals surface area contributed by atoms with Gasteiger partial charge in [-0.25, -0.2) is 4.79 Å². The second kappa shape index (κ2) is 31.1. The molecule has 0 spiro atoms. The monoisotopic (exact) mass is 1120 g/mol. The third-order valence-corrected chi connectivity index (χ3v) is 13.1. The molecule has 7 atom stereocenters. The Hall–Kier alpha value is -9.56. The molecule has 4 aromatic rings. The number of carboxylic acid groups (broad SMARTS) is 1. The van der Waals surface area contributed by atoms with Crippen LogP contribution in [0.1, 0.15) is 85.3 Å². The normalized spacial score (nSPS) is 20.3. The van der Waals surface area contributed by atoms with Crippen molar-refractivity contribution in [3.8, 4) is 0 Å². The van der Waals surface area contributed by atoms with Crippen LogP contribution in [0.2, 0.25) is 0 Å². The number of aromatic amines is 1. The Balaban J connectivity index is 1.58. The van der Waals surface area contributed by atoms with Crippen LogP contribution < -0.4 is 70.4 Å². The van der Waals surface area contributed by atoms with Crippen molar-refractivity contribution in [2.24, 2.45) is 17.2 Å². The zero-order chi connectivity index (χ0) is 59.0. The van der Waals surface area contributed by atoms with Gasteiger partial charge in [0.2, 0.25) is 53.2 Å². The number of aromatic nitrogens is 1. The molecule has 1 unspecified atom stereocenters. The number of carbonyl (C=O) groups excluding carboxylic acids is 9. The molecule has 1 aliphatic rings. The zero-order valence-electron chi connectivity index (χ0n) is 44.8. The highest BCUT2D eigenvalue weighted by molar-refractivity contribution is 5.99. The van der Waals surface area contributed by atoms with E-state index in [0.29, 0.717) is 16.7 Å². The number of H-pyrrole nitrogens is 1. The van der Waals surface area contributed by atoms with E-state index >= 15 is 0 Å². The van der Waals surface area contributed by atoms with Crippen LogP contribution in [0.15, 0.2) is 85.1 Å². The topological polar surface area (TPSA) is 453 Å².